The van der Waals surface area contributed by atoms with Gasteiger partial charge in [0.1, 0.15) is 5.82 Å². The molecule has 2 saturated heterocycles. The van der Waals surface area contributed by atoms with Gasteiger partial charge in [-0.2, -0.15) is 28.4 Å². The van der Waals surface area contributed by atoms with E-state index in [4.69, 9.17) is 26.3 Å². The van der Waals surface area contributed by atoms with E-state index in [1.807, 2.05) is 0 Å². The number of carbonyl (C=O) groups is 1. The Balaban J connectivity index is 1.31. The summed E-state index contributed by atoms with van der Waals surface area (Å²) in [5.74, 6) is 0.420. The zero-order valence-electron chi connectivity index (χ0n) is 25.2. The van der Waals surface area contributed by atoms with Crippen LogP contribution in [0.5, 0.6) is 6.01 Å². The van der Waals surface area contributed by atoms with Crippen LogP contribution < -0.4 is 14.5 Å². The minimum atomic E-state index is -4.62. The molecule has 2 aromatic rings. The van der Waals surface area contributed by atoms with Crippen LogP contribution in [-0.2, 0) is 23.9 Å². The fraction of sp³-hybridized carbons (Fsp3) is 0.562. The second-order valence-corrected chi connectivity index (χ2v) is 12.9. The summed E-state index contributed by atoms with van der Waals surface area (Å²) in [7, 11) is 0. The van der Waals surface area contributed by atoms with E-state index < -0.39 is 11.7 Å². The Morgan fingerprint density at radius 1 is 1.16 bits per heavy atom. The van der Waals surface area contributed by atoms with Crippen molar-refractivity contribution in [3.8, 4) is 12.1 Å². The van der Waals surface area contributed by atoms with Gasteiger partial charge in [0.2, 0.25) is 5.91 Å². The Kier molecular flexibility index (Phi) is 8.85. The molecule has 1 saturated carbocycles. The maximum absolute atomic E-state index is 14.1. The average Bonchev–Trinajstić information content (AvgIpc) is 3.59. The van der Waals surface area contributed by atoms with E-state index in [9.17, 15) is 23.2 Å². The van der Waals surface area contributed by atoms with E-state index in [0.717, 1.165) is 38.0 Å². The molecule has 240 valence electrons. The minimum Gasteiger partial charge on any atom is -0.463 e. The quantitative estimate of drug-likeness (QED) is 0.350. The lowest BCUT2D eigenvalue weighted by atomic mass is 10.0. The number of anilines is 2. The molecular formula is C32H37ClF3N7O2. The van der Waals surface area contributed by atoms with Crippen molar-refractivity contribution in [3.05, 3.63) is 52.7 Å². The van der Waals surface area contributed by atoms with Crippen molar-refractivity contribution >= 4 is 29.0 Å². The van der Waals surface area contributed by atoms with Crippen molar-refractivity contribution in [2.75, 3.05) is 62.2 Å². The van der Waals surface area contributed by atoms with Gasteiger partial charge in [-0.1, -0.05) is 24.2 Å². The van der Waals surface area contributed by atoms with Crippen molar-refractivity contribution < 1.29 is 22.7 Å². The van der Waals surface area contributed by atoms with E-state index in [1.165, 1.54) is 37.1 Å². The van der Waals surface area contributed by atoms with Crippen LogP contribution in [0.2, 0.25) is 5.02 Å². The highest BCUT2D eigenvalue weighted by atomic mass is 35.5. The molecular weight excluding hydrogens is 607 g/mol. The number of alkyl halides is 3. The number of halogens is 4. The summed E-state index contributed by atoms with van der Waals surface area (Å²) in [6.45, 7) is 8.92. The standard InChI is InChI=1S/C32H37ClF3N7O2/c1-2-27(44)43-17-16-42(18-22(43)8-12-37)29-23-9-15-41(26-7-5-6-24(33)28(26)32(34,35)36)19-25(23)38-30(39-29)45-21-31(10-11-31)20-40-13-3-4-14-40/h2,5-7,22H,1,3-4,8-11,13-21H2. The van der Waals surface area contributed by atoms with Crippen molar-refractivity contribution in [3.63, 3.8) is 0 Å². The van der Waals surface area contributed by atoms with Crippen LogP contribution in [0.1, 0.15) is 48.9 Å². The zero-order chi connectivity index (χ0) is 31.8. The van der Waals surface area contributed by atoms with E-state index in [-0.39, 0.29) is 47.1 Å². The summed E-state index contributed by atoms with van der Waals surface area (Å²) >= 11 is 6.06. The molecule has 1 aromatic heterocycles. The summed E-state index contributed by atoms with van der Waals surface area (Å²) in [6.07, 6.45) is 1.76. The number of hydrogen-bond acceptors (Lipinski definition) is 8. The summed E-state index contributed by atoms with van der Waals surface area (Å²) in [4.78, 5) is 30.0. The van der Waals surface area contributed by atoms with Crippen molar-refractivity contribution in [1.82, 2.24) is 19.8 Å². The van der Waals surface area contributed by atoms with E-state index in [1.54, 1.807) is 9.80 Å². The molecule has 3 aliphatic heterocycles. The van der Waals surface area contributed by atoms with Crippen LogP contribution in [0.3, 0.4) is 0 Å². The van der Waals surface area contributed by atoms with Crippen LogP contribution in [0, 0.1) is 16.7 Å². The van der Waals surface area contributed by atoms with Gasteiger partial charge >= 0.3 is 12.2 Å². The highest BCUT2D eigenvalue weighted by Gasteiger charge is 2.45. The number of aromatic nitrogens is 2. The number of rotatable bonds is 9. The largest absolute Gasteiger partial charge is 0.463 e. The van der Waals surface area contributed by atoms with Gasteiger partial charge in [0.05, 0.1) is 53.7 Å². The van der Waals surface area contributed by atoms with Gasteiger partial charge in [-0.3, -0.25) is 4.79 Å². The number of piperazine rings is 1. The number of nitriles is 1. The third-order valence-electron chi connectivity index (χ3n) is 9.43. The monoisotopic (exact) mass is 643 g/mol. The molecule has 13 heteroatoms. The predicted octanol–water partition coefficient (Wildman–Crippen LogP) is 5.08. The topological polar surface area (TPSA) is 88.8 Å². The van der Waals surface area contributed by atoms with Gasteiger partial charge in [0.15, 0.2) is 0 Å². The molecule has 1 aromatic carbocycles. The van der Waals surface area contributed by atoms with Crippen LogP contribution in [0.15, 0.2) is 30.9 Å². The lowest BCUT2D eigenvalue weighted by Gasteiger charge is -2.42. The zero-order valence-corrected chi connectivity index (χ0v) is 25.9. The van der Waals surface area contributed by atoms with Gasteiger partial charge in [0, 0.05) is 43.7 Å². The molecule has 1 amide bonds. The first-order valence-electron chi connectivity index (χ1n) is 15.5. The number of nitrogens with zero attached hydrogens (tertiary/aromatic N) is 7. The second-order valence-electron chi connectivity index (χ2n) is 12.5. The van der Waals surface area contributed by atoms with Crippen LogP contribution in [0.25, 0.3) is 0 Å². The molecule has 4 aliphatic rings. The Labute approximate surface area is 266 Å². The SMILES string of the molecule is C=CC(=O)N1CCN(c2nc(OCC3(CN4CCCC4)CC3)nc3c2CCN(c2cccc(Cl)c2C(F)(F)F)C3)CC1CC#N. The highest BCUT2D eigenvalue weighted by molar-refractivity contribution is 6.31. The van der Waals surface area contributed by atoms with Crippen LogP contribution in [-0.4, -0.2) is 84.1 Å². The summed E-state index contributed by atoms with van der Waals surface area (Å²) in [6, 6.07) is 6.24. The number of benzene rings is 1. The predicted molar refractivity (Wildman–Crippen MR) is 164 cm³/mol. The second kappa shape index (κ2) is 12.7. The molecule has 3 fully saturated rings. The fourth-order valence-corrected chi connectivity index (χ4v) is 7.15. The first-order valence-corrected chi connectivity index (χ1v) is 15.9. The molecule has 45 heavy (non-hydrogen) atoms. The van der Waals surface area contributed by atoms with E-state index >= 15 is 0 Å². The number of likely N-dealkylation sites (tertiary alicyclic amines) is 1. The summed E-state index contributed by atoms with van der Waals surface area (Å²) in [5.41, 5.74) is 0.649. The van der Waals surface area contributed by atoms with Gasteiger partial charge in [-0.05, 0) is 63.4 Å². The third-order valence-corrected chi connectivity index (χ3v) is 9.74. The van der Waals surface area contributed by atoms with E-state index in [2.05, 4.69) is 22.4 Å². The first-order chi connectivity index (χ1) is 21.6. The number of amides is 1. The summed E-state index contributed by atoms with van der Waals surface area (Å²) in [5, 5.41) is 9.15. The normalized spacial score (nSPS) is 21.3. The Morgan fingerprint density at radius 2 is 1.93 bits per heavy atom. The molecule has 0 bridgehead atoms. The molecule has 4 heterocycles. The number of ether oxygens (including phenoxy) is 1. The number of fused-ring (bicyclic) bond motifs is 1. The minimum absolute atomic E-state index is 0.0106. The highest BCUT2D eigenvalue weighted by Crippen LogP contribution is 2.47. The Hall–Kier alpha value is -3.56. The van der Waals surface area contributed by atoms with Gasteiger partial charge in [-0.25, -0.2) is 0 Å². The molecule has 6 rings (SSSR count). The third kappa shape index (κ3) is 6.70. The molecule has 9 nitrogen and oxygen atoms in total. The lowest BCUT2D eigenvalue weighted by molar-refractivity contribution is -0.137. The van der Waals surface area contributed by atoms with Gasteiger partial charge in [-0.15, -0.1) is 0 Å². The van der Waals surface area contributed by atoms with Crippen LogP contribution in [0.4, 0.5) is 24.7 Å². The van der Waals surface area contributed by atoms with Crippen molar-refractivity contribution in [2.24, 2.45) is 5.41 Å². The maximum Gasteiger partial charge on any atom is 0.419 e. The molecule has 0 radical (unpaired) electrons. The van der Waals surface area contributed by atoms with Crippen molar-refractivity contribution in [1.29, 1.82) is 5.26 Å². The first kappa shape index (κ1) is 31.4. The molecule has 0 spiro atoms. The average molecular weight is 644 g/mol. The lowest BCUT2D eigenvalue weighted by Crippen LogP contribution is -2.55. The molecule has 1 unspecified atom stereocenters. The molecule has 1 aliphatic carbocycles. The molecule has 0 N–H and O–H groups in total. The number of carbonyl (C=O) groups excluding carboxylic acids is 1. The van der Waals surface area contributed by atoms with Crippen LogP contribution >= 0.6 is 11.6 Å². The maximum atomic E-state index is 14.1. The number of hydrogen-bond donors (Lipinski definition) is 0. The Bertz CT molecular complexity index is 1490. The smallest absolute Gasteiger partial charge is 0.419 e. The molecule has 1 atom stereocenters. The van der Waals surface area contributed by atoms with Crippen molar-refractivity contribution in [2.45, 2.75) is 57.3 Å². The summed E-state index contributed by atoms with van der Waals surface area (Å²) < 4.78 is 48.6. The van der Waals surface area contributed by atoms with Gasteiger partial charge < -0.3 is 24.3 Å². The Morgan fingerprint density at radius 3 is 2.62 bits per heavy atom. The van der Waals surface area contributed by atoms with E-state index in [0.29, 0.717) is 50.7 Å². The van der Waals surface area contributed by atoms with Gasteiger partial charge in [0.25, 0.3) is 0 Å². The fourth-order valence-electron chi connectivity index (χ4n) is 6.87.